The van der Waals surface area contributed by atoms with E-state index in [1.807, 2.05) is 32.0 Å². The van der Waals surface area contributed by atoms with Gasteiger partial charge in [0.2, 0.25) is 0 Å². The first-order chi connectivity index (χ1) is 13.5. The van der Waals surface area contributed by atoms with Crippen LogP contribution in [0.2, 0.25) is 0 Å². The minimum Gasteiger partial charge on any atom is -0.321 e. The number of para-hydroxylation sites is 1. The summed E-state index contributed by atoms with van der Waals surface area (Å²) in [5.74, 6) is -0.676. The Bertz CT molecular complexity index is 1030. The average Bonchev–Trinajstić information content (AvgIpc) is 2.70. The largest absolute Gasteiger partial charge is 0.321 e. The van der Waals surface area contributed by atoms with Gasteiger partial charge in [0, 0.05) is 5.56 Å². The number of nitrogens with zero attached hydrogens (tertiary/aromatic N) is 1. The van der Waals surface area contributed by atoms with E-state index in [4.69, 9.17) is 0 Å². The number of aryl methyl sites for hydroxylation is 2. The van der Waals surface area contributed by atoms with Gasteiger partial charge in [-0.05, 0) is 49.2 Å². The zero-order valence-corrected chi connectivity index (χ0v) is 15.8. The minimum atomic E-state index is -0.398. The van der Waals surface area contributed by atoms with Gasteiger partial charge in [-0.25, -0.2) is 5.43 Å². The van der Waals surface area contributed by atoms with Crippen LogP contribution in [0.4, 0.5) is 5.69 Å². The fourth-order valence-electron chi connectivity index (χ4n) is 2.77. The van der Waals surface area contributed by atoms with Gasteiger partial charge in [-0.15, -0.1) is 0 Å². The van der Waals surface area contributed by atoms with Gasteiger partial charge in [0.05, 0.1) is 17.5 Å². The normalized spacial score (nSPS) is 10.6. The molecule has 2 amide bonds. The van der Waals surface area contributed by atoms with E-state index in [9.17, 15) is 9.59 Å². The van der Waals surface area contributed by atoms with E-state index in [-0.39, 0.29) is 5.91 Å². The number of carbonyl (C=O) groups is 2. The van der Waals surface area contributed by atoms with E-state index in [1.54, 1.807) is 54.7 Å². The van der Waals surface area contributed by atoms with Gasteiger partial charge in [0.15, 0.2) is 0 Å². The highest BCUT2D eigenvalue weighted by Gasteiger charge is 2.13. The second-order valence-electron chi connectivity index (χ2n) is 6.42. The second kappa shape index (κ2) is 8.77. The predicted molar refractivity (Wildman–Crippen MR) is 112 cm³/mol. The van der Waals surface area contributed by atoms with Gasteiger partial charge in [-0.3, -0.25) is 9.59 Å². The lowest BCUT2D eigenvalue weighted by Gasteiger charge is -2.10. The molecule has 0 atom stereocenters. The summed E-state index contributed by atoms with van der Waals surface area (Å²) >= 11 is 0. The summed E-state index contributed by atoms with van der Waals surface area (Å²) in [6.45, 7) is 4.01. The number of carbonyl (C=O) groups excluding carboxylic acids is 2. The molecule has 3 rings (SSSR count). The van der Waals surface area contributed by atoms with Crippen molar-refractivity contribution in [2.75, 3.05) is 5.32 Å². The summed E-state index contributed by atoms with van der Waals surface area (Å²) in [5.41, 5.74) is 6.98. The number of hydrogen-bond donors (Lipinski definition) is 2. The molecule has 3 aromatic carbocycles. The van der Waals surface area contributed by atoms with Crippen LogP contribution >= 0.6 is 0 Å². The summed E-state index contributed by atoms with van der Waals surface area (Å²) in [4.78, 5) is 24.9. The number of hydrogen-bond acceptors (Lipinski definition) is 3. The van der Waals surface area contributed by atoms with Crippen LogP contribution in [0.1, 0.15) is 37.4 Å². The van der Waals surface area contributed by atoms with Crippen molar-refractivity contribution in [3.63, 3.8) is 0 Å². The molecule has 28 heavy (non-hydrogen) atoms. The summed E-state index contributed by atoms with van der Waals surface area (Å²) in [6, 6.07) is 21.7. The first kappa shape index (κ1) is 19.0. The van der Waals surface area contributed by atoms with Crippen LogP contribution < -0.4 is 10.7 Å². The Kier molecular flexibility index (Phi) is 5.97. The standard InChI is InChI=1S/C23H21N3O2/c1-16-12-13-19(17(2)14-16)15-24-26-23(28)20-10-6-7-11-21(20)25-22(27)18-8-4-3-5-9-18/h3-15H,1-2H3,(H,25,27)(H,26,28)/b24-15+. The molecule has 0 radical (unpaired) electrons. The van der Waals surface area contributed by atoms with Crippen LogP contribution in [0.5, 0.6) is 0 Å². The molecule has 3 aromatic rings. The fourth-order valence-corrected chi connectivity index (χ4v) is 2.77. The number of rotatable bonds is 5. The Morgan fingerprint density at radius 1 is 0.857 bits per heavy atom. The molecule has 0 bridgehead atoms. The summed E-state index contributed by atoms with van der Waals surface area (Å²) in [5, 5.41) is 6.83. The molecule has 5 nitrogen and oxygen atoms in total. The number of anilines is 1. The number of hydrazone groups is 1. The Morgan fingerprint density at radius 2 is 1.57 bits per heavy atom. The molecule has 0 saturated heterocycles. The van der Waals surface area contributed by atoms with Crippen LogP contribution in [-0.4, -0.2) is 18.0 Å². The smallest absolute Gasteiger partial charge is 0.273 e. The molecule has 2 N–H and O–H groups in total. The zero-order chi connectivity index (χ0) is 19.9. The van der Waals surface area contributed by atoms with E-state index in [2.05, 4.69) is 21.9 Å². The maximum Gasteiger partial charge on any atom is 0.273 e. The highest BCUT2D eigenvalue weighted by Crippen LogP contribution is 2.16. The maximum atomic E-state index is 12.5. The fraction of sp³-hybridized carbons (Fsp3) is 0.0870. The Balaban J connectivity index is 1.72. The molecule has 0 heterocycles. The third kappa shape index (κ3) is 4.71. The van der Waals surface area contributed by atoms with Gasteiger partial charge in [-0.2, -0.15) is 5.10 Å². The lowest BCUT2D eigenvalue weighted by Crippen LogP contribution is -2.21. The van der Waals surface area contributed by atoms with Crippen molar-refractivity contribution >= 4 is 23.7 Å². The Hall–Kier alpha value is -3.73. The molecule has 0 saturated carbocycles. The van der Waals surface area contributed by atoms with Gasteiger partial charge in [0.25, 0.3) is 11.8 Å². The van der Waals surface area contributed by atoms with E-state index >= 15 is 0 Å². The van der Waals surface area contributed by atoms with Gasteiger partial charge >= 0.3 is 0 Å². The Labute approximate surface area is 164 Å². The molecule has 0 aliphatic carbocycles. The van der Waals surface area contributed by atoms with Crippen LogP contribution in [-0.2, 0) is 0 Å². The molecule has 0 aromatic heterocycles. The van der Waals surface area contributed by atoms with Crippen molar-refractivity contribution in [1.29, 1.82) is 0 Å². The van der Waals surface area contributed by atoms with Gasteiger partial charge < -0.3 is 5.32 Å². The van der Waals surface area contributed by atoms with E-state index < -0.39 is 5.91 Å². The molecular weight excluding hydrogens is 350 g/mol. The van der Waals surface area contributed by atoms with Crippen molar-refractivity contribution in [3.05, 3.63) is 101 Å². The highest BCUT2D eigenvalue weighted by molar-refractivity contribution is 6.09. The molecule has 0 spiro atoms. The Morgan fingerprint density at radius 3 is 2.32 bits per heavy atom. The molecule has 0 unspecified atom stereocenters. The van der Waals surface area contributed by atoms with E-state index in [1.165, 1.54) is 5.56 Å². The summed E-state index contributed by atoms with van der Waals surface area (Å²) in [7, 11) is 0. The molecular formula is C23H21N3O2. The third-order valence-corrected chi connectivity index (χ3v) is 4.25. The predicted octanol–water partition coefficient (Wildman–Crippen LogP) is 4.32. The first-order valence-corrected chi connectivity index (χ1v) is 8.90. The third-order valence-electron chi connectivity index (χ3n) is 4.25. The summed E-state index contributed by atoms with van der Waals surface area (Å²) < 4.78 is 0. The molecule has 0 fully saturated rings. The monoisotopic (exact) mass is 371 g/mol. The topological polar surface area (TPSA) is 70.6 Å². The lowest BCUT2D eigenvalue weighted by molar-refractivity contribution is 0.0956. The quantitative estimate of drug-likeness (QED) is 0.518. The van der Waals surface area contributed by atoms with Crippen molar-refractivity contribution in [2.24, 2.45) is 5.10 Å². The number of benzene rings is 3. The first-order valence-electron chi connectivity index (χ1n) is 8.90. The van der Waals surface area contributed by atoms with Gasteiger partial charge in [-0.1, -0.05) is 54.1 Å². The summed E-state index contributed by atoms with van der Waals surface area (Å²) in [6.07, 6.45) is 1.61. The lowest BCUT2D eigenvalue weighted by atomic mass is 10.1. The van der Waals surface area contributed by atoms with E-state index in [0.717, 1.165) is 11.1 Å². The SMILES string of the molecule is Cc1ccc(/C=N/NC(=O)c2ccccc2NC(=O)c2ccccc2)c(C)c1. The van der Waals surface area contributed by atoms with Crippen molar-refractivity contribution in [1.82, 2.24) is 5.43 Å². The number of nitrogens with one attached hydrogen (secondary N) is 2. The zero-order valence-electron chi connectivity index (χ0n) is 15.8. The minimum absolute atomic E-state index is 0.278. The second-order valence-corrected chi connectivity index (χ2v) is 6.42. The van der Waals surface area contributed by atoms with Crippen LogP contribution in [0.3, 0.4) is 0 Å². The molecule has 5 heteroatoms. The molecule has 0 aliphatic heterocycles. The van der Waals surface area contributed by atoms with Crippen molar-refractivity contribution in [2.45, 2.75) is 13.8 Å². The maximum absolute atomic E-state index is 12.5. The van der Waals surface area contributed by atoms with Crippen molar-refractivity contribution < 1.29 is 9.59 Å². The van der Waals surface area contributed by atoms with Crippen LogP contribution in [0.15, 0.2) is 77.9 Å². The van der Waals surface area contributed by atoms with Crippen LogP contribution in [0, 0.1) is 13.8 Å². The van der Waals surface area contributed by atoms with Crippen molar-refractivity contribution in [3.8, 4) is 0 Å². The van der Waals surface area contributed by atoms with E-state index in [0.29, 0.717) is 16.8 Å². The number of amides is 2. The molecule has 140 valence electrons. The van der Waals surface area contributed by atoms with Crippen LogP contribution in [0.25, 0.3) is 0 Å². The average molecular weight is 371 g/mol. The highest BCUT2D eigenvalue weighted by atomic mass is 16.2. The van der Waals surface area contributed by atoms with Gasteiger partial charge in [0.1, 0.15) is 0 Å². The molecule has 0 aliphatic rings.